The molecule has 0 saturated carbocycles. The number of nitrogens with two attached hydrogens (primary N) is 1. The highest BCUT2D eigenvalue weighted by atomic mass is 35.5. The zero-order valence-electron chi connectivity index (χ0n) is 11.9. The zero-order valence-corrected chi connectivity index (χ0v) is 12.7. The van der Waals surface area contributed by atoms with Crippen molar-refractivity contribution in [2.45, 2.75) is 32.4 Å². The minimum absolute atomic E-state index is 0.0604. The van der Waals surface area contributed by atoms with Crippen molar-refractivity contribution in [2.75, 3.05) is 5.32 Å². The molecule has 3 N–H and O–H groups in total. The molecule has 0 aromatic heterocycles. The highest BCUT2D eigenvalue weighted by Gasteiger charge is 2.15. The molecule has 106 valence electrons. The molecular weight excluding hydrogens is 268 g/mol. The molecule has 20 heavy (non-hydrogen) atoms. The summed E-state index contributed by atoms with van der Waals surface area (Å²) >= 11 is 5.92. The average molecular weight is 289 g/mol. The van der Waals surface area contributed by atoms with Gasteiger partial charge in [-0.3, -0.25) is 0 Å². The van der Waals surface area contributed by atoms with Crippen LogP contribution >= 0.6 is 11.6 Å². The molecule has 0 radical (unpaired) electrons. The van der Waals surface area contributed by atoms with Gasteiger partial charge in [0.05, 0.1) is 0 Å². The predicted octanol–water partition coefficient (Wildman–Crippen LogP) is 4.02. The smallest absolute Gasteiger partial charge is 0.0450 e. The average Bonchev–Trinajstić information content (AvgIpc) is 2.42. The third-order valence-electron chi connectivity index (χ3n) is 3.49. The number of aryl methyl sites for hydroxylation is 1. The lowest BCUT2D eigenvalue weighted by atomic mass is 10.00. The third-order valence-corrected chi connectivity index (χ3v) is 3.74. The van der Waals surface area contributed by atoms with Crippen LogP contribution in [0.25, 0.3) is 0 Å². The molecule has 2 atom stereocenters. The summed E-state index contributed by atoms with van der Waals surface area (Å²) in [7, 11) is 0. The van der Waals surface area contributed by atoms with Gasteiger partial charge >= 0.3 is 0 Å². The van der Waals surface area contributed by atoms with E-state index in [4.69, 9.17) is 17.3 Å². The minimum Gasteiger partial charge on any atom is -0.380 e. The van der Waals surface area contributed by atoms with E-state index in [1.807, 2.05) is 31.2 Å². The molecule has 2 aromatic carbocycles. The SMILES string of the molecule is Cc1ccccc1NC(Cc1ccc(Cl)cc1)C(C)N. The quantitative estimate of drug-likeness (QED) is 0.872. The van der Waals surface area contributed by atoms with Gasteiger partial charge in [-0.05, 0) is 49.6 Å². The summed E-state index contributed by atoms with van der Waals surface area (Å²) in [6.07, 6.45) is 0.878. The van der Waals surface area contributed by atoms with Crippen molar-refractivity contribution < 1.29 is 0 Å². The first-order chi connectivity index (χ1) is 9.56. The van der Waals surface area contributed by atoms with E-state index in [-0.39, 0.29) is 12.1 Å². The van der Waals surface area contributed by atoms with Crippen molar-refractivity contribution in [1.82, 2.24) is 0 Å². The van der Waals surface area contributed by atoms with Crippen LogP contribution in [0.5, 0.6) is 0 Å². The Hall–Kier alpha value is -1.51. The van der Waals surface area contributed by atoms with E-state index >= 15 is 0 Å². The van der Waals surface area contributed by atoms with Gasteiger partial charge in [-0.25, -0.2) is 0 Å². The van der Waals surface area contributed by atoms with Crippen molar-refractivity contribution in [3.8, 4) is 0 Å². The van der Waals surface area contributed by atoms with Crippen molar-refractivity contribution in [3.63, 3.8) is 0 Å². The molecule has 0 bridgehead atoms. The lowest BCUT2D eigenvalue weighted by Crippen LogP contribution is -2.39. The lowest BCUT2D eigenvalue weighted by Gasteiger charge is -2.24. The van der Waals surface area contributed by atoms with Gasteiger partial charge < -0.3 is 11.1 Å². The number of para-hydroxylation sites is 1. The van der Waals surface area contributed by atoms with Gasteiger partial charge in [0.1, 0.15) is 0 Å². The summed E-state index contributed by atoms with van der Waals surface area (Å²) in [5, 5.41) is 4.31. The lowest BCUT2D eigenvalue weighted by molar-refractivity contribution is 0.591. The molecule has 0 fully saturated rings. The van der Waals surface area contributed by atoms with Gasteiger partial charge in [0.15, 0.2) is 0 Å². The maximum atomic E-state index is 6.12. The molecular formula is C17H21ClN2. The Morgan fingerprint density at radius 2 is 1.75 bits per heavy atom. The van der Waals surface area contributed by atoms with Gasteiger partial charge in [-0.2, -0.15) is 0 Å². The maximum Gasteiger partial charge on any atom is 0.0450 e. The van der Waals surface area contributed by atoms with Crippen molar-refractivity contribution in [2.24, 2.45) is 5.73 Å². The molecule has 2 aromatic rings. The Morgan fingerprint density at radius 1 is 1.10 bits per heavy atom. The number of rotatable bonds is 5. The first-order valence-electron chi connectivity index (χ1n) is 6.88. The van der Waals surface area contributed by atoms with E-state index in [1.165, 1.54) is 11.1 Å². The normalized spacial score (nSPS) is 13.8. The Bertz CT molecular complexity index is 549. The van der Waals surface area contributed by atoms with Gasteiger partial charge in [0.2, 0.25) is 0 Å². The fraction of sp³-hybridized carbons (Fsp3) is 0.294. The number of nitrogens with one attached hydrogen (secondary N) is 1. The van der Waals surface area contributed by atoms with E-state index in [9.17, 15) is 0 Å². The summed E-state index contributed by atoms with van der Waals surface area (Å²) in [5.74, 6) is 0. The number of hydrogen-bond donors (Lipinski definition) is 2. The van der Waals surface area contributed by atoms with Gasteiger partial charge in [0.25, 0.3) is 0 Å². The summed E-state index contributed by atoms with van der Waals surface area (Å²) in [6, 6.07) is 16.5. The molecule has 2 rings (SSSR count). The van der Waals surface area contributed by atoms with Crippen LogP contribution in [-0.2, 0) is 6.42 Å². The van der Waals surface area contributed by atoms with E-state index < -0.39 is 0 Å². The fourth-order valence-corrected chi connectivity index (χ4v) is 2.30. The van der Waals surface area contributed by atoms with Crippen LogP contribution in [0.15, 0.2) is 48.5 Å². The number of hydrogen-bond acceptors (Lipinski definition) is 2. The van der Waals surface area contributed by atoms with Crippen LogP contribution in [0.4, 0.5) is 5.69 Å². The van der Waals surface area contributed by atoms with E-state index in [1.54, 1.807) is 0 Å². The highest BCUT2D eigenvalue weighted by Crippen LogP contribution is 2.18. The third kappa shape index (κ3) is 3.99. The van der Waals surface area contributed by atoms with Gasteiger partial charge in [-0.15, -0.1) is 0 Å². The molecule has 3 heteroatoms. The Morgan fingerprint density at radius 3 is 2.35 bits per heavy atom. The molecule has 0 amide bonds. The van der Waals surface area contributed by atoms with Crippen LogP contribution < -0.4 is 11.1 Å². The van der Waals surface area contributed by atoms with Crippen molar-refractivity contribution in [1.29, 1.82) is 0 Å². The monoisotopic (exact) mass is 288 g/mol. The van der Waals surface area contributed by atoms with E-state index in [0.717, 1.165) is 17.1 Å². The molecule has 0 aliphatic heterocycles. The predicted molar refractivity (Wildman–Crippen MR) is 87.4 cm³/mol. The van der Waals surface area contributed by atoms with Crippen molar-refractivity contribution >= 4 is 17.3 Å². The number of halogens is 1. The summed E-state index contributed by atoms with van der Waals surface area (Å²) in [4.78, 5) is 0. The van der Waals surface area contributed by atoms with Crippen LogP contribution in [0, 0.1) is 6.92 Å². The molecule has 2 nitrogen and oxygen atoms in total. The maximum absolute atomic E-state index is 6.12. The second kappa shape index (κ2) is 6.78. The summed E-state index contributed by atoms with van der Waals surface area (Å²) in [6.45, 7) is 4.13. The summed E-state index contributed by atoms with van der Waals surface area (Å²) < 4.78 is 0. The van der Waals surface area contributed by atoms with E-state index in [0.29, 0.717) is 0 Å². The highest BCUT2D eigenvalue weighted by molar-refractivity contribution is 6.30. The number of benzene rings is 2. The Balaban J connectivity index is 2.11. The minimum atomic E-state index is 0.0604. The van der Waals surface area contributed by atoms with Crippen LogP contribution in [0.2, 0.25) is 5.02 Å². The second-order valence-electron chi connectivity index (χ2n) is 5.26. The fourth-order valence-electron chi connectivity index (χ4n) is 2.18. The topological polar surface area (TPSA) is 38.0 Å². The largest absolute Gasteiger partial charge is 0.380 e. The molecule has 0 heterocycles. The first-order valence-corrected chi connectivity index (χ1v) is 7.26. The van der Waals surface area contributed by atoms with Crippen molar-refractivity contribution in [3.05, 3.63) is 64.7 Å². The standard InChI is InChI=1S/C17H21ClN2/c1-12-5-3-4-6-16(12)20-17(13(2)19)11-14-7-9-15(18)10-8-14/h3-10,13,17,20H,11,19H2,1-2H3. The second-order valence-corrected chi connectivity index (χ2v) is 5.69. The van der Waals surface area contributed by atoms with Gasteiger partial charge in [0, 0.05) is 22.8 Å². The Labute approximate surface area is 126 Å². The number of anilines is 1. The van der Waals surface area contributed by atoms with E-state index in [2.05, 4.69) is 36.5 Å². The van der Waals surface area contributed by atoms with Gasteiger partial charge in [-0.1, -0.05) is 41.9 Å². The Kier molecular flexibility index (Phi) is 5.05. The summed E-state index contributed by atoms with van der Waals surface area (Å²) in [5.41, 5.74) is 9.73. The molecule has 0 saturated heterocycles. The molecule has 2 unspecified atom stereocenters. The van der Waals surface area contributed by atoms with Crippen LogP contribution in [-0.4, -0.2) is 12.1 Å². The first kappa shape index (κ1) is 14.9. The van der Waals surface area contributed by atoms with Crippen LogP contribution in [0.1, 0.15) is 18.1 Å². The molecule has 0 aliphatic carbocycles. The molecule has 0 spiro atoms. The van der Waals surface area contributed by atoms with Crippen LogP contribution in [0.3, 0.4) is 0 Å². The molecule has 0 aliphatic rings. The zero-order chi connectivity index (χ0) is 14.5.